The van der Waals surface area contributed by atoms with Gasteiger partial charge in [0.2, 0.25) is 5.91 Å². The van der Waals surface area contributed by atoms with E-state index < -0.39 is 18.0 Å². The maximum atomic E-state index is 14.2. The molecule has 0 unspecified atom stereocenters. The van der Waals surface area contributed by atoms with Crippen LogP contribution in [0.1, 0.15) is 105 Å². The molecule has 49 heavy (non-hydrogen) atoms. The predicted octanol–water partition coefficient (Wildman–Crippen LogP) is 5.48. The van der Waals surface area contributed by atoms with E-state index in [4.69, 9.17) is 9.47 Å². The van der Waals surface area contributed by atoms with Crippen LogP contribution in [-0.2, 0) is 30.3 Å². The number of likely N-dealkylation sites (tertiary alicyclic amines) is 1. The molecule has 272 valence electrons. The van der Waals surface area contributed by atoms with E-state index in [9.17, 15) is 19.2 Å². The number of amides is 2. The number of rotatable bonds is 17. The number of Topliss-reactive ketones (excluding diaryl/α,β-unsaturated/α-hetero) is 1. The summed E-state index contributed by atoms with van der Waals surface area (Å²) in [7, 11) is 3.77. The molecular weight excluding hydrogens is 663 g/mol. The molecule has 5 atom stereocenters. The van der Waals surface area contributed by atoms with Gasteiger partial charge < -0.3 is 19.7 Å². The second kappa shape index (κ2) is 18.0. The molecule has 11 nitrogen and oxygen atoms in total. The molecule has 2 aromatic heterocycles. The van der Waals surface area contributed by atoms with E-state index >= 15 is 0 Å². The number of likely N-dealkylation sites (N-methyl/N-ethyl adjacent to an activating group) is 1. The van der Waals surface area contributed by atoms with Crippen molar-refractivity contribution < 1.29 is 28.7 Å². The quantitative estimate of drug-likeness (QED) is 0.212. The Kier molecular flexibility index (Phi) is 14.3. The lowest BCUT2D eigenvalue weighted by Gasteiger charge is -2.40. The first-order valence-electron chi connectivity index (χ1n) is 17.6. The largest absolute Gasteiger partial charge is 0.455 e. The Morgan fingerprint density at radius 2 is 1.82 bits per heavy atom. The van der Waals surface area contributed by atoms with Crippen molar-refractivity contribution in [2.24, 2.45) is 23.7 Å². The number of ketones is 1. The number of carbonyl (C=O) groups is 4. The Hall–Kier alpha value is -2.74. The van der Waals surface area contributed by atoms with E-state index in [0.29, 0.717) is 37.0 Å². The molecule has 4 heterocycles. The summed E-state index contributed by atoms with van der Waals surface area (Å²) in [6.07, 6.45) is 4.11. The van der Waals surface area contributed by atoms with Crippen LogP contribution in [0, 0.1) is 30.6 Å². The number of aromatic nitrogens is 2. The highest BCUT2D eigenvalue weighted by Crippen LogP contribution is 2.34. The number of hydrogen-bond acceptors (Lipinski definition) is 11. The molecule has 1 N–H and O–H groups in total. The number of ether oxygens (including phenoxy) is 2. The smallest absolute Gasteiger partial charge is 0.303 e. The van der Waals surface area contributed by atoms with Crippen LogP contribution in [0.25, 0.3) is 0 Å². The highest BCUT2D eigenvalue weighted by atomic mass is 32.1. The van der Waals surface area contributed by atoms with Gasteiger partial charge >= 0.3 is 5.97 Å². The zero-order valence-electron chi connectivity index (χ0n) is 30.4. The van der Waals surface area contributed by atoms with Crippen LogP contribution >= 0.6 is 22.7 Å². The fraction of sp³-hybridized carbons (Fsp3) is 0.722. The van der Waals surface area contributed by atoms with Gasteiger partial charge in [-0.25, -0.2) is 9.97 Å². The number of aryl methyl sites for hydroxylation is 1. The van der Waals surface area contributed by atoms with Crippen molar-refractivity contribution in [3.05, 3.63) is 32.2 Å². The molecule has 0 spiro atoms. The summed E-state index contributed by atoms with van der Waals surface area (Å²) in [6.45, 7) is 13.4. The van der Waals surface area contributed by atoms with Crippen LogP contribution in [0.5, 0.6) is 0 Å². The summed E-state index contributed by atoms with van der Waals surface area (Å²) >= 11 is 2.86. The normalized spacial score (nSPS) is 19.6. The monoisotopic (exact) mass is 717 g/mol. The summed E-state index contributed by atoms with van der Waals surface area (Å²) in [4.78, 5) is 66.5. The number of esters is 1. The fourth-order valence-corrected chi connectivity index (χ4v) is 8.66. The number of piperidine rings is 1. The second-order valence-corrected chi connectivity index (χ2v) is 16.5. The predicted molar refractivity (Wildman–Crippen MR) is 192 cm³/mol. The molecule has 2 saturated heterocycles. The second-order valence-electron chi connectivity index (χ2n) is 14.6. The Morgan fingerprint density at radius 1 is 1.08 bits per heavy atom. The maximum absolute atomic E-state index is 14.2. The molecule has 0 aromatic carbocycles. The van der Waals surface area contributed by atoms with Gasteiger partial charge in [-0.2, -0.15) is 0 Å². The van der Waals surface area contributed by atoms with Crippen molar-refractivity contribution in [1.29, 1.82) is 0 Å². The van der Waals surface area contributed by atoms with Crippen LogP contribution in [0.2, 0.25) is 0 Å². The van der Waals surface area contributed by atoms with Gasteiger partial charge in [-0.05, 0) is 51.6 Å². The minimum absolute atomic E-state index is 0.0101. The van der Waals surface area contributed by atoms with Crippen LogP contribution in [0.4, 0.5) is 0 Å². The Morgan fingerprint density at radius 3 is 2.39 bits per heavy atom. The summed E-state index contributed by atoms with van der Waals surface area (Å²) < 4.78 is 11.3. The Bertz CT molecular complexity index is 1420. The van der Waals surface area contributed by atoms with E-state index in [1.165, 1.54) is 18.3 Å². The molecule has 2 aliphatic rings. The van der Waals surface area contributed by atoms with E-state index in [-0.39, 0.29) is 59.7 Å². The summed E-state index contributed by atoms with van der Waals surface area (Å²) in [5.74, 6) is -0.820. The zero-order valence-corrected chi connectivity index (χ0v) is 32.0. The number of thiazole rings is 2. The average molecular weight is 718 g/mol. The zero-order chi connectivity index (χ0) is 35.8. The highest BCUT2D eigenvalue weighted by Gasteiger charge is 2.41. The van der Waals surface area contributed by atoms with E-state index in [1.54, 1.807) is 28.7 Å². The van der Waals surface area contributed by atoms with Crippen molar-refractivity contribution in [2.75, 3.05) is 33.9 Å². The van der Waals surface area contributed by atoms with Crippen molar-refractivity contribution >= 4 is 46.2 Å². The average Bonchev–Trinajstić information content (AvgIpc) is 3.66. The molecule has 0 aliphatic carbocycles. The Labute approximate surface area is 299 Å². The fourth-order valence-electron chi connectivity index (χ4n) is 6.97. The van der Waals surface area contributed by atoms with Crippen molar-refractivity contribution in [3.8, 4) is 0 Å². The highest BCUT2D eigenvalue weighted by molar-refractivity contribution is 7.10. The SMILES string of the molecule is CC(=O)O[C@H](C[C@H](C(C)C)N(C)C(=O)[C@@H](CC(=O)[C@H]1CCCCN1C)C1COC1)c1nc(C(=O)N[C@@H](Cc2nc(C)cs2)CC(C)C)cs1. The topological polar surface area (TPSA) is 131 Å². The van der Waals surface area contributed by atoms with Crippen molar-refractivity contribution in [3.63, 3.8) is 0 Å². The molecule has 0 radical (unpaired) electrons. The van der Waals surface area contributed by atoms with E-state index in [1.807, 2.05) is 33.2 Å². The van der Waals surface area contributed by atoms with Crippen LogP contribution in [0.15, 0.2) is 10.8 Å². The molecule has 2 aliphatic heterocycles. The third-order valence-corrected chi connectivity index (χ3v) is 11.6. The standard InChI is InChI=1S/C36H55N5O6S2/c1-21(2)13-26(14-33-37-23(5)19-48-33)38-34(44)28-20-49-35(39-28)32(47-24(6)42)16-30(22(3)4)41(8)36(45)27(25-17-46-18-25)15-31(43)29-11-9-10-12-40(29)7/h19-22,25-27,29-30,32H,9-18H2,1-8H3,(H,38,44)/t26-,27+,29-,30-,32-/m1/s1. The van der Waals surface area contributed by atoms with Gasteiger partial charge in [-0.1, -0.05) is 34.1 Å². The molecular formula is C36H55N5O6S2. The number of carbonyl (C=O) groups excluding carboxylic acids is 4. The lowest BCUT2D eigenvalue weighted by Crippen LogP contribution is -2.51. The van der Waals surface area contributed by atoms with E-state index in [2.05, 4.69) is 34.0 Å². The molecule has 0 saturated carbocycles. The lowest BCUT2D eigenvalue weighted by molar-refractivity contribution is -0.153. The minimum Gasteiger partial charge on any atom is -0.455 e. The minimum atomic E-state index is -0.750. The van der Waals surface area contributed by atoms with Gasteiger partial charge in [0.15, 0.2) is 11.9 Å². The summed E-state index contributed by atoms with van der Waals surface area (Å²) in [5, 5.41) is 8.34. The number of nitrogens with one attached hydrogen (secondary N) is 1. The molecule has 2 fully saturated rings. The summed E-state index contributed by atoms with van der Waals surface area (Å²) in [5.41, 5.74) is 1.23. The van der Waals surface area contributed by atoms with Gasteiger partial charge in [0.05, 0.1) is 30.2 Å². The molecule has 4 rings (SSSR count). The van der Waals surface area contributed by atoms with Crippen molar-refractivity contribution in [2.45, 2.75) is 111 Å². The first-order chi connectivity index (χ1) is 23.2. The first-order valence-corrected chi connectivity index (χ1v) is 19.4. The number of hydrogen-bond donors (Lipinski definition) is 1. The van der Waals surface area contributed by atoms with Crippen molar-refractivity contribution in [1.82, 2.24) is 25.1 Å². The van der Waals surface area contributed by atoms with Crippen LogP contribution in [0.3, 0.4) is 0 Å². The maximum Gasteiger partial charge on any atom is 0.303 e. The molecule has 13 heteroatoms. The molecule has 0 bridgehead atoms. The lowest BCUT2D eigenvalue weighted by atomic mass is 9.82. The Balaban J connectivity index is 1.48. The van der Waals surface area contributed by atoms with Gasteiger partial charge in [-0.15, -0.1) is 22.7 Å². The van der Waals surface area contributed by atoms with E-state index in [0.717, 1.165) is 42.9 Å². The number of nitrogens with zero attached hydrogens (tertiary/aromatic N) is 4. The van der Waals surface area contributed by atoms with Crippen LogP contribution in [-0.4, -0.2) is 95.3 Å². The first kappa shape index (κ1) is 39.1. The third kappa shape index (κ3) is 10.9. The van der Waals surface area contributed by atoms with Gasteiger partial charge in [-0.3, -0.25) is 24.1 Å². The van der Waals surface area contributed by atoms with Gasteiger partial charge in [0, 0.05) is 67.7 Å². The molecule has 2 amide bonds. The molecule has 2 aromatic rings. The van der Waals surface area contributed by atoms with Gasteiger partial charge in [0.1, 0.15) is 10.7 Å². The van der Waals surface area contributed by atoms with Gasteiger partial charge in [0.25, 0.3) is 5.91 Å². The third-order valence-electron chi connectivity index (χ3n) is 9.70. The van der Waals surface area contributed by atoms with Crippen LogP contribution < -0.4 is 5.32 Å². The summed E-state index contributed by atoms with van der Waals surface area (Å²) in [6, 6.07) is -0.568.